The molecule has 1 fully saturated rings. The van der Waals surface area contributed by atoms with Crippen molar-refractivity contribution in [3.8, 4) is 0 Å². The van der Waals surface area contributed by atoms with E-state index in [0.717, 1.165) is 16.5 Å². The first kappa shape index (κ1) is 18.9. The number of carbonyl (C=O) groups is 3. The maximum absolute atomic E-state index is 12.6. The number of benzene rings is 1. The van der Waals surface area contributed by atoms with Gasteiger partial charge in [0, 0.05) is 56.1 Å². The van der Waals surface area contributed by atoms with Crippen molar-refractivity contribution < 1.29 is 19.5 Å². The second-order valence-electron chi connectivity index (χ2n) is 6.90. The third-order valence-electron chi connectivity index (χ3n) is 5.03. The van der Waals surface area contributed by atoms with E-state index in [4.69, 9.17) is 5.11 Å². The molecule has 2 heterocycles. The van der Waals surface area contributed by atoms with Crippen LogP contribution < -0.4 is 0 Å². The van der Waals surface area contributed by atoms with Gasteiger partial charge < -0.3 is 19.9 Å². The second kappa shape index (κ2) is 8.70. The fourth-order valence-electron chi connectivity index (χ4n) is 3.47. The quantitative estimate of drug-likeness (QED) is 0.728. The van der Waals surface area contributed by atoms with Gasteiger partial charge in [-0.15, -0.1) is 0 Å². The minimum absolute atomic E-state index is 0.0455. The lowest BCUT2D eigenvalue weighted by molar-refractivity contribution is -0.139. The lowest BCUT2D eigenvalue weighted by Gasteiger charge is -2.35. The van der Waals surface area contributed by atoms with Crippen molar-refractivity contribution in [3.05, 3.63) is 36.0 Å². The Balaban J connectivity index is 1.45. The van der Waals surface area contributed by atoms with Crippen molar-refractivity contribution in [3.63, 3.8) is 0 Å². The van der Waals surface area contributed by atoms with Gasteiger partial charge in [-0.05, 0) is 24.5 Å². The third-order valence-corrected chi connectivity index (χ3v) is 5.03. The summed E-state index contributed by atoms with van der Waals surface area (Å²) in [4.78, 5) is 42.1. The molecule has 0 saturated carbocycles. The summed E-state index contributed by atoms with van der Waals surface area (Å²) in [6, 6.07) is 7.92. The topological polar surface area (TPSA) is 93.7 Å². The average Bonchev–Trinajstić information content (AvgIpc) is 3.08. The Labute approximate surface area is 157 Å². The molecule has 2 N–H and O–H groups in total. The molecule has 0 radical (unpaired) electrons. The van der Waals surface area contributed by atoms with Gasteiger partial charge in [0.1, 0.15) is 0 Å². The van der Waals surface area contributed by atoms with Crippen LogP contribution in [-0.4, -0.2) is 63.9 Å². The molecule has 1 aromatic heterocycles. The van der Waals surface area contributed by atoms with E-state index < -0.39 is 5.97 Å². The molecule has 1 aromatic carbocycles. The van der Waals surface area contributed by atoms with E-state index in [1.807, 2.05) is 35.4 Å². The van der Waals surface area contributed by atoms with Crippen LogP contribution in [0.1, 0.15) is 31.2 Å². The molecule has 0 aliphatic carbocycles. The maximum Gasteiger partial charge on any atom is 0.303 e. The molecule has 144 valence electrons. The van der Waals surface area contributed by atoms with Crippen LogP contribution in [0.3, 0.4) is 0 Å². The summed E-state index contributed by atoms with van der Waals surface area (Å²) in [7, 11) is 0. The second-order valence-corrected chi connectivity index (χ2v) is 6.90. The third kappa shape index (κ3) is 4.87. The van der Waals surface area contributed by atoms with E-state index in [9.17, 15) is 14.4 Å². The normalized spacial score (nSPS) is 14.5. The Bertz CT molecular complexity index is 821. The Morgan fingerprint density at radius 1 is 0.926 bits per heavy atom. The van der Waals surface area contributed by atoms with E-state index in [2.05, 4.69) is 4.98 Å². The zero-order valence-corrected chi connectivity index (χ0v) is 15.3. The maximum atomic E-state index is 12.6. The molecule has 0 unspecified atom stereocenters. The first-order valence-electron chi connectivity index (χ1n) is 9.37. The smallest absolute Gasteiger partial charge is 0.303 e. The van der Waals surface area contributed by atoms with E-state index >= 15 is 0 Å². The number of aliphatic carboxylic acids is 1. The molecular formula is C20H25N3O4. The van der Waals surface area contributed by atoms with Crippen LogP contribution in [0.15, 0.2) is 30.5 Å². The van der Waals surface area contributed by atoms with Gasteiger partial charge in [0.2, 0.25) is 11.8 Å². The van der Waals surface area contributed by atoms with Crippen LogP contribution in [0.25, 0.3) is 10.9 Å². The number of piperazine rings is 1. The molecule has 0 atom stereocenters. The van der Waals surface area contributed by atoms with Gasteiger partial charge in [0.25, 0.3) is 0 Å². The van der Waals surface area contributed by atoms with Crippen LogP contribution in [0.5, 0.6) is 0 Å². The molecule has 0 spiro atoms. The van der Waals surface area contributed by atoms with Gasteiger partial charge in [0.05, 0.1) is 6.42 Å². The molecule has 2 aromatic rings. The Hall–Kier alpha value is -2.83. The monoisotopic (exact) mass is 371 g/mol. The van der Waals surface area contributed by atoms with Gasteiger partial charge in [-0.1, -0.05) is 18.2 Å². The Morgan fingerprint density at radius 3 is 2.26 bits per heavy atom. The van der Waals surface area contributed by atoms with Crippen LogP contribution in [0.4, 0.5) is 0 Å². The van der Waals surface area contributed by atoms with Crippen LogP contribution in [-0.2, 0) is 20.8 Å². The molecule has 27 heavy (non-hydrogen) atoms. The summed E-state index contributed by atoms with van der Waals surface area (Å²) < 4.78 is 0. The molecule has 3 rings (SSSR count). The Morgan fingerprint density at radius 2 is 1.56 bits per heavy atom. The zero-order chi connectivity index (χ0) is 19.2. The number of nitrogens with one attached hydrogen (secondary N) is 1. The number of fused-ring (bicyclic) bond motifs is 1. The van der Waals surface area contributed by atoms with Crippen molar-refractivity contribution in [1.82, 2.24) is 14.8 Å². The summed E-state index contributed by atoms with van der Waals surface area (Å²) in [6.45, 7) is 2.17. The summed E-state index contributed by atoms with van der Waals surface area (Å²) in [5.74, 6) is -0.706. The van der Waals surface area contributed by atoms with Crippen LogP contribution in [0, 0.1) is 0 Å². The van der Waals surface area contributed by atoms with E-state index in [-0.39, 0.29) is 18.2 Å². The molecule has 1 aliphatic rings. The van der Waals surface area contributed by atoms with Gasteiger partial charge in [-0.25, -0.2) is 0 Å². The predicted octanol–water partition coefficient (Wildman–Crippen LogP) is 2.03. The number of nitrogens with zero attached hydrogens (tertiary/aromatic N) is 2. The summed E-state index contributed by atoms with van der Waals surface area (Å²) in [6.07, 6.45) is 3.82. The number of H-pyrrole nitrogens is 1. The predicted molar refractivity (Wildman–Crippen MR) is 101 cm³/mol. The number of aromatic amines is 1. The first-order valence-corrected chi connectivity index (χ1v) is 9.37. The lowest BCUT2D eigenvalue weighted by Crippen LogP contribution is -2.50. The number of rotatable bonds is 7. The number of carboxylic acids is 1. The van der Waals surface area contributed by atoms with E-state index in [1.165, 1.54) is 0 Å². The van der Waals surface area contributed by atoms with Gasteiger partial charge in [0.15, 0.2) is 0 Å². The molecule has 0 bridgehead atoms. The highest BCUT2D eigenvalue weighted by atomic mass is 16.4. The summed E-state index contributed by atoms with van der Waals surface area (Å²) >= 11 is 0. The number of unbranched alkanes of at least 4 members (excludes halogenated alkanes) is 1. The number of amides is 2. The molecule has 7 nitrogen and oxygen atoms in total. The van der Waals surface area contributed by atoms with Crippen LogP contribution >= 0.6 is 0 Å². The van der Waals surface area contributed by atoms with Gasteiger partial charge >= 0.3 is 5.97 Å². The number of hydrogen-bond acceptors (Lipinski definition) is 3. The van der Waals surface area contributed by atoms with E-state index in [0.29, 0.717) is 51.9 Å². The Kier molecular flexibility index (Phi) is 6.11. The SMILES string of the molecule is O=C(O)CCCCC(=O)N1CCN(C(=O)Cc2c[nH]c3ccccc23)CC1. The minimum atomic E-state index is -0.829. The number of aromatic nitrogens is 1. The van der Waals surface area contributed by atoms with Crippen molar-refractivity contribution in [2.45, 2.75) is 32.1 Å². The number of carboxylic acid groups (broad SMARTS) is 1. The number of hydrogen-bond donors (Lipinski definition) is 2. The largest absolute Gasteiger partial charge is 0.481 e. The fourth-order valence-corrected chi connectivity index (χ4v) is 3.47. The minimum Gasteiger partial charge on any atom is -0.481 e. The standard InChI is InChI=1S/C20H25N3O4/c24-18(7-3-4-8-20(26)27)22-9-11-23(12-10-22)19(25)13-15-14-21-17-6-2-1-5-16(15)17/h1-2,5-6,14,21H,3-4,7-13H2,(H,26,27). The molecule has 1 aliphatic heterocycles. The fraction of sp³-hybridized carbons (Fsp3) is 0.450. The first-order chi connectivity index (χ1) is 13.0. The van der Waals surface area contributed by atoms with Crippen LogP contribution in [0.2, 0.25) is 0 Å². The van der Waals surface area contributed by atoms with E-state index in [1.54, 1.807) is 4.90 Å². The summed E-state index contributed by atoms with van der Waals surface area (Å²) in [5.41, 5.74) is 2.02. The highest BCUT2D eigenvalue weighted by Crippen LogP contribution is 2.19. The van der Waals surface area contributed by atoms with Crippen molar-refractivity contribution >= 4 is 28.7 Å². The molecule has 7 heteroatoms. The average molecular weight is 371 g/mol. The zero-order valence-electron chi connectivity index (χ0n) is 15.3. The molecule has 2 amide bonds. The molecule has 1 saturated heterocycles. The van der Waals surface area contributed by atoms with Gasteiger partial charge in [-0.2, -0.15) is 0 Å². The van der Waals surface area contributed by atoms with Crippen molar-refractivity contribution in [2.24, 2.45) is 0 Å². The number of para-hydroxylation sites is 1. The van der Waals surface area contributed by atoms with Crippen molar-refractivity contribution in [2.75, 3.05) is 26.2 Å². The van der Waals surface area contributed by atoms with Crippen molar-refractivity contribution in [1.29, 1.82) is 0 Å². The lowest BCUT2D eigenvalue weighted by atomic mass is 10.1. The van der Waals surface area contributed by atoms with Gasteiger partial charge in [-0.3, -0.25) is 14.4 Å². The molecular weight excluding hydrogens is 346 g/mol. The summed E-state index contributed by atoms with van der Waals surface area (Å²) in [5, 5.41) is 9.69. The highest BCUT2D eigenvalue weighted by molar-refractivity contribution is 5.89. The highest BCUT2D eigenvalue weighted by Gasteiger charge is 2.24. The number of carbonyl (C=O) groups excluding carboxylic acids is 2.